The molecule has 0 bridgehead atoms. The molecule has 0 aliphatic carbocycles. The molecule has 0 radical (unpaired) electrons. The normalized spacial score (nSPS) is 17.4. The van der Waals surface area contributed by atoms with Crippen molar-refractivity contribution in [2.75, 3.05) is 66.1 Å². The van der Waals surface area contributed by atoms with E-state index in [0.29, 0.717) is 69.6 Å². The summed E-state index contributed by atoms with van der Waals surface area (Å²) in [5, 5.41) is 12.5. The lowest BCUT2D eigenvalue weighted by Gasteiger charge is -2.36. The quantitative estimate of drug-likeness (QED) is 0.607. The number of carbonyl (C=O) groups is 2. The van der Waals surface area contributed by atoms with Crippen LogP contribution in [0.2, 0.25) is 0 Å². The summed E-state index contributed by atoms with van der Waals surface area (Å²) < 4.78 is 12.0. The number of hydrogen-bond donors (Lipinski definition) is 0. The molecule has 2 aromatic heterocycles. The number of piperazine rings is 1. The molecule has 2 aromatic rings. The monoisotopic (exact) mass is 443 g/mol. The van der Waals surface area contributed by atoms with E-state index in [4.69, 9.17) is 9.47 Å². The fourth-order valence-corrected chi connectivity index (χ4v) is 4.00. The Bertz CT molecular complexity index is 932. The van der Waals surface area contributed by atoms with Gasteiger partial charge in [0, 0.05) is 45.3 Å². The fraction of sp³-hybridized carbons (Fsp3) is 0.571. The molecule has 2 fully saturated rings. The van der Waals surface area contributed by atoms with Crippen LogP contribution in [0, 0.1) is 0 Å². The largest absolute Gasteiger partial charge is 0.480 e. The predicted molar refractivity (Wildman–Crippen MR) is 115 cm³/mol. The van der Waals surface area contributed by atoms with E-state index in [1.54, 1.807) is 27.9 Å². The number of ether oxygens (including phenoxy) is 2. The molecule has 11 heteroatoms. The van der Waals surface area contributed by atoms with Crippen LogP contribution in [0.3, 0.4) is 0 Å². The number of hydrogen-bond acceptors (Lipinski definition) is 8. The first-order valence-corrected chi connectivity index (χ1v) is 10.9. The number of morpholine rings is 1. The van der Waals surface area contributed by atoms with E-state index < -0.39 is 0 Å². The number of carbonyl (C=O) groups excluding carboxylic acids is 2. The van der Waals surface area contributed by atoms with Crippen molar-refractivity contribution in [3.63, 3.8) is 0 Å². The van der Waals surface area contributed by atoms with Crippen molar-refractivity contribution in [1.82, 2.24) is 34.7 Å². The minimum Gasteiger partial charge on any atom is -0.480 e. The Morgan fingerprint density at radius 2 is 1.75 bits per heavy atom. The molecule has 172 valence electrons. The summed E-state index contributed by atoms with van der Waals surface area (Å²) in [5.41, 5.74) is 1.33. The van der Waals surface area contributed by atoms with Gasteiger partial charge in [0.05, 0.1) is 44.3 Å². The second-order valence-electron chi connectivity index (χ2n) is 7.77. The molecule has 4 rings (SSSR count). The van der Waals surface area contributed by atoms with Crippen LogP contribution in [0.25, 0.3) is 5.82 Å². The molecule has 0 spiro atoms. The summed E-state index contributed by atoms with van der Waals surface area (Å²) in [5.74, 6) is 0.977. The Kier molecular flexibility index (Phi) is 6.96. The van der Waals surface area contributed by atoms with Crippen molar-refractivity contribution < 1.29 is 19.1 Å². The molecule has 0 saturated carbocycles. The SMILES string of the molecule is CCc1c(C(=O)N2CCN(C(=O)CN3CCOCC3)CC2)cnn1-c1ccc(OC)nn1. The summed E-state index contributed by atoms with van der Waals surface area (Å²) in [6, 6.07) is 3.46. The number of methoxy groups -OCH3 is 1. The van der Waals surface area contributed by atoms with Gasteiger partial charge in [0.1, 0.15) is 0 Å². The lowest BCUT2D eigenvalue weighted by atomic mass is 10.1. The topological polar surface area (TPSA) is 106 Å². The molecule has 2 amide bonds. The van der Waals surface area contributed by atoms with Crippen LogP contribution >= 0.6 is 0 Å². The molecular formula is C21H29N7O4. The molecule has 0 N–H and O–H groups in total. The van der Waals surface area contributed by atoms with Gasteiger partial charge in [-0.3, -0.25) is 14.5 Å². The number of rotatable bonds is 6. The zero-order chi connectivity index (χ0) is 22.5. The van der Waals surface area contributed by atoms with E-state index in [2.05, 4.69) is 20.2 Å². The van der Waals surface area contributed by atoms with Gasteiger partial charge in [0.2, 0.25) is 11.8 Å². The van der Waals surface area contributed by atoms with Crippen molar-refractivity contribution in [2.24, 2.45) is 0 Å². The van der Waals surface area contributed by atoms with Gasteiger partial charge in [-0.25, -0.2) is 4.68 Å². The third-order valence-corrected chi connectivity index (χ3v) is 5.87. The van der Waals surface area contributed by atoms with Gasteiger partial charge in [-0.05, 0) is 12.5 Å². The van der Waals surface area contributed by atoms with E-state index in [1.165, 1.54) is 7.11 Å². The lowest BCUT2D eigenvalue weighted by molar-refractivity contribution is -0.134. The highest BCUT2D eigenvalue weighted by atomic mass is 16.5. The second-order valence-corrected chi connectivity index (χ2v) is 7.77. The van der Waals surface area contributed by atoms with Crippen LogP contribution in [0.5, 0.6) is 5.88 Å². The van der Waals surface area contributed by atoms with Gasteiger partial charge in [-0.2, -0.15) is 5.10 Å². The first kappa shape index (κ1) is 22.2. The Balaban J connectivity index is 1.38. The van der Waals surface area contributed by atoms with Crippen LogP contribution in [0.15, 0.2) is 18.3 Å². The standard InChI is InChI=1S/C21H29N7O4/c1-3-17-16(14-22-28(17)18-4-5-19(31-2)24-23-18)21(30)27-8-6-26(7-9-27)20(29)15-25-10-12-32-13-11-25/h4-5,14H,3,6-13,15H2,1-2H3. The minimum atomic E-state index is -0.0742. The van der Waals surface area contributed by atoms with Crippen LogP contribution in [-0.4, -0.2) is 113 Å². The molecule has 2 saturated heterocycles. The molecule has 4 heterocycles. The van der Waals surface area contributed by atoms with Crippen LogP contribution < -0.4 is 4.74 Å². The zero-order valence-electron chi connectivity index (χ0n) is 18.6. The average Bonchev–Trinajstić information content (AvgIpc) is 3.28. The van der Waals surface area contributed by atoms with Gasteiger partial charge in [0.15, 0.2) is 5.82 Å². The highest BCUT2D eigenvalue weighted by Crippen LogP contribution is 2.18. The zero-order valence-corrected chi connectivity index (χ0v) is 18.6. The maximum absolute atomic E-state index is 13.2. The Morgan fingerprint density at radius 3 is 2.38 bits per heavy atom. The minimum absolute atomic E-state index is 0.0742. The van der Waals surface area contributed by atoms with Crippen LogP contribution in [0.1, 0.15) is 23.0 Å². The smallest absolute Gasteiger partial charge is 0.257 e. The van der Waals surface area contributed by atoms with Gasteiger partial charge in [-0.15, -0.1) is 10.2 Å². The number of aromatic nitrogens is 4. The second kappa shape index (κ2) is 10.0. The molecule has 2 aliphatic rings. The molecule has 0 atom stereocenters. The molecule has 0 unspecified atom stereocenters. The highest BCUT2D eigenvalue weighted by molar-refractivity contribution is 5.95. The maximum atomic E-state index is 13.2. The third kappa shape index (κ3) is 4.73. The summed E-state index contributed by atoms with van der Waals surface area (Å²) in [6.07, 6.45) is 2.20. The van der Waals surface area contributed by atoms with E-state index in [1.807, 2.05) is 11.8 Å². The first-order chi connectivity index (χ1) is 15.6. The van der Waals surface area contributed by atoms with Crippen LogP contribution in [-0.2, 0) is 16.0 Å². The van der Waals surface area contributed by atoms with E-state index in [9.17, 15) is 9.59 Å². The predicted octanol–water partition coefficient (Wildman–Crippen LogP) is -0.150. The molecule has 11 nitrogen and oxygen atoms in total. The van der Waals surface area contributed by atoms with Crippen molar-refractivity contribution in [3.8, 4) is 11.7 Å². The van der Waals surface area contributed by atoms with Gasteiger partial charge in [-0.1, -0.05) is 6.92 Å². The number of amides is 2. The van der Waals surface area contributed by atoms with Crippen molar-refractivity contribution >= 4 is 11.8 Å². The van der Waals surface area contributed by atoms with Crippen molar-refractivity contribution in [3.05, 3.63) is 29.6 Å². The number of nitrogens with zero attached hydrogens (tertiary/aromatic N) is 7. The van der Waals surface area contributed by atoms with Crippen LogP contribution in [0.4, 0.5) is 0 Å². The fourth-order valence-electron chi connectivity index (χ4n) is 4.00. The molecule has 0 aromatic carbocycles. The molecular weight excluding hydrogens is 414 g/mol. The Morgan fingerprint density at radius 1 is 1.03 bits per heavy atom. The lowest BCUT2D eigenvalue weighted by Crippen LogP contribution is -2.53. The molecule has 2 aliphatic heterocycles. The summed E-state index contributed by atoms with van der Waals surface area (Å²) in [7, 11) is 1.53. The van der Waals surface area contributed by atoms with Gasteiger partial charge >= 0.3 is 0 Å². The summed E-state index contributed by atoms with van der Waals surface area (Å²) in [4.78, 5) is 31.6. The van der Waals surface area contributed by atoms with Gasteiger partial charge < -0.3 is 19.3 Å². The van der Waals surface area contributed by atoms with Crippen molar-refractivity contribution in [2.45, 2.75) is 13.3 Å². The van der Waals surface area contributed by atoms with Crippen molar-refractivity contribution in [1.29, 1.82) is 0 Å². The third-order valence-electron chi connectivity index (χ3n) is 5.87. The Labute approximate surface area is 186 Å². The summed E-state index contributed by atoms with van der Waals surface area (Å²) >= 11 is 0. The van der Waals surface area contributed by atoms with E-state index in [0.717, 1.165) is 18.8 Å². The Hall–Kier alpha value is -3.05. The summed E-state index contributed by atoms with van der Waals surface area (Å²) in [6.45, 7) is 7.38. The maximum Gasteiger partial charge on any atom is 0.257 e. The first-order valence-electron chi connectivity index (χ1n) is 10.9. The van der Waals surface area contributed by atoms with E-state index >= 15 is 0 Å². The van der Waals surface area contributed by atoms with Gasteiger partial charge in [0.25, 0.3) is 5.91 Å². The van der Waals surface area contributed by atoms with E-state index in [-0.39, 0.29) is 11.8 Å². The highest BCUT2D eigenvalue weighted by Gasteiger charge is 2.28. The molecule has 32 heavy (non-hydrogen) atoms. The average molecular weight is 444 g/mol.